The lowest BCUT2D eigenvalue weighted by atomic mass is 9.48. The van der Waals surface area contributed by atoms with Gasteiger partial charge in [-0.15, -0.1) is 0 Å². The van der Waals surface area contributed by atoms with Crippen LogP contribution in [0.15, 0.2) is 53.6 Å². The second kappa shape index (κ2) is 8.00. The van der Waals surface area contributed by atoms with Gasteiger partial charge in [0.15, 0.2) is 0 Å². The van der Waals surface area contributed by atoms with Gasteiger partial charge in [0, 0.05) is 23.6 Å². The molecule has 4 saturated carbocycles. The number of anilines is 1. The second-order valence-electron chi connectivity index (χ2n) is 9.75. The quantitative estimate of drug-likeness (QED) is 0.340. The monoisotopic (exact) mass is 434 g/mol. The van der Waals surface area contributed by atoms with E-state index in [9.17, 15) is 20.2 Å². The number of hydrazone groups is 1. The van der Waals surface area contributed by atoms with Crippen LogP contribution in [-0.4, -0.2) is 15.6 Å². The molecule has 4 aliphatic carbocycles. The van der Waals surface area contributed by atoms with Gasteiger partial charge in [0.25, 0.3) is 5.69 Å². The average Bonchev–Trinajstić information content (AvgIpc) is 2.76. The zero-order chi connectivity index (χ0) is 22.3. The van der Waals surface area contributed by atoms with E-state index in [0.29, 0.717) is 6.42 Å². The third-order valence-electron chi connectivity index (χ3n) is 7.56. The number of non-ortho nitro benzene ring substituents is 1. The lowest BCUT2D eigenvalue weighted by Crippen LogP contribution is -2.50. The maximum absolute atomic E-state index is 11.5. The highest BCUT2D eigenvalue weighted by Crippen LogP contribution is 2.60. The van der Waals surface area contributed by atoms with Gasteiger partial charge in [0.2, 0.25) is 0 Å². The van der Waals surface area contributed by atoms with Gasteiger partial charge in [-0.1, -0.05) is 30.3 Å². The molecule has 0 spiro atoms. The number of hydrogen-bond donors (Lipinski definition) is 1. The number of nitro groups is 2. The summed E-state index contributed by atoms with van der Waals surface area (Å²) in [6.07, 6.45) is 8.05. The van der Waals surface area contributed by atoms with Gasteiger partial charge in [0.05, 0.1) is 15.9 Å². The van der Waals surface area contributed by atoms with Crippen molar-refractivity contribution in [3.05, 3.63) is 74.3 Å². The van der Waals surface area contributed by atoms with Crippen LogP contribution in [0.25, 0.3) is 0 Å². The first-order valence-electron chi connectivity index (χ1n) is 11.2. The summed E-state index contributed by atoms with van der Waals surface area (Å²) in [5, 5.41) is 27.4. The molecule has 4 bridgehead atoms. The summed E-state index contributed by atoms with van der Waals surface area (Å²) in [5.74, 6) is 2.24. The van der Waals surface area contributed by atoms with Crippen molar-refractivity contribution >= 4 is 22.8 Å². The number of nitrogens with zero attached hydrogens (tertiary/aromatic N) is 3. The SMILES string of the molecule is O=[N+]([O-])c1ccc(NN=C(Cc2ccccc2)C23CC4CC(CC(C4)C2)C3)c([N+](=O)[O-])c1. The fourth-order valence-electron chi connectivity index (χ4n) is 6.61. The van der Waals surface area contributed by atoms with Crippen LogP contribution < -0.4 is 5.43 Å². The van der Waals surface area contributed by atoms with E-state index in [4.69, 9.17) is 5.10 Å². The minimum Gasteiger partial charge on any atom is -0.272 e. The van der Waals surface area contributed by atoms with Crippen molar-refractivity contribution in [1.82, 2.24) is 0 Å². The Kier molecular flexibility index (Phi) is 5.15. The molecule has 6 rings (SSSR count). The highest BCUT2D eigenvalue weighted by atomic mass is 16.6. The number of nitrogens with one attached hydrogen (secondary N) is 1. The van der Waals surface area contributed by atoms with Crippen molar-refractivity contribution in [3.8, 4) is 0 Å². The van der Waals surface area contributed by atoms with E-state index >= 15 is 0 Å². The van der Waals surface area contributed by atoms with E-state index in [1.54, 1.807) is 0 Å². The van der Waals surface area contributed by atoms with E-state index in [1.807, 2.05) is 18.2 Å². The van der Waals surface area contributed by atoms with Gasteiger partial charge < -0.3 is 0 Å². The maximum atomic E-state index is 11.5. The number of nitro benzene ring substituents is 2. The van der Waals surface area contributed by atoms with Crippen LogP contribution in [0.1, 0.15) is 44.1 Å². The van der Waals surface area contributed by atoms with Crippen molar-refractivity contribution in [2.24, 2.45) is 28.3 Å². The van der Waals surface area contributed by atoms with Gasteiger partial charge in [-0.3, -0.25) is 25.7 Å². The Morgan fingerprint density at radius 1 is 0.938 bits per heavy atom. The highest BCUT2D eigenvalue weighted by molar-refractivity contribution is 5.93. The zero-order valence-corrected chi connectivity index (χ0v) is 17.8. The predicted molar refractivity (Wildman–Crippen MR) is 122 cm³/mol. The summed E-state index contributed by atoms with van der Waals surface area (Å²) in [5.41, 5.74) is 4.71. The average molecular weight is 434 g/mol. The highest BCUT2D eigenvalue weighted by Gasteiger charge is 2.53. The van der Waals surface area contributed by atoms with Gasteiger partial charge >= 0.3 is 5.69 Å². The lowest BCUT2D eigenvalue weighted by molar-refractivity contribution is -0.393. The molecule has 0 aromatic heterocycles. The zero-order valence-electron chi connectivity index (χ0n) is 17.8. The third kappa shape index (κ3) is 3.85. The van der Waals surface area contributed by atoms with Crippen LogP contribution in [0, 0.1) is 43.4 Å². The molecule has 2 aromatic rings. The summed E-state index contributed by atoms with van der Waals surface area (Å²) in [7, 11) is 0. The summed E-state index contributed by atoms with van der Waals surface area (Å²) < 4.78 is 0. The molecule has 0 aliphatic heterocycles. The molecular formula is C24H26N4O4. The predicted octanol–water partition coefficient (Wildman–Crippen LogP) is 5.73. The molecule has 0 saturated heterocycles. The number of rotatable bonds is 7. The van der Waals surface area contributed by atoms with Crippen LogP contribution in [0.3, 0.4) is 0 Å². The van der Waals surface area contributed by atoms with E-state index in [-0.39, 0.29) is 22.5 Å². The first-order valence-corrected chi connectivity index (χ1v) is 11.2. The molecule has 0 atom stereocenters. The van der Waals surface area contributed by atoms with E-state index in [1.165, 1.54) is 37.0 Å². The molecule has 2 aromatic carbocycles. The molecule has 1 N–H and O–H groups in total. The number of benzene rings is 2. The third-order valence-corrected chi connectivity index (χ3v) is 7.56. The van der Waals surface area contributed by atoms with Gasteiger partial charge in [-0.2, -0.15) is 5.10 Å². The standard InChI is InChI=1S/C24H26N4O4/c29-27(30)20-6-7-21(22(12-20)28(31)32)25-26-23(11-16-4-2-1-3-5-16)24-13-17-8-18(14-24)10-19(9-17)15-24/h1-7,12,17-19,25H,8-11,13-15H2. The smallest absolute Gasteiger partial charge is 0.272 e. The first-order chi connectivity index (χ1) is 15.4. The lowest BCUT2D eigenvalue weighted by Gasteiger charge is -2.57. The van der Waals surface area contributed by atoms with Crippen LogP contribution >= 0.6 is 0 Å². The molecule has 4 aliphatic rings. The summed E-state index contributed by atoms with van der Waals surface area (Å²) >= 11 is 0. The minimum absolute atomic E-state index is 0.0349. The Hall–Kier alpha value is -3.29. The largest absolute Gasteiger partial charge is 0.301 e. The minimum atomic E-state index is -0.629. The molecule has 32 heavy (non-hydrogen) atoms. The van der Waals surface area contributed by atoms with Gasteiger partial charge in [-0.05, 0) is 67.9 Å². The summed E-state index contributed by atoms with van der Waals surface area (Å²) in [6.45, 7) is 0. The molecular weight excluding hydrogens is 408 g/mol. The Balaban J connectivity index is 1.50. The first kappa shape index (κ1) is 20.6. The molecule has 8 heteroatoms. The van der Waals surface area contributed by atoms with Crippen LogP contribution in [0.4, 0.5) is 17.1 Å². The summed E-state index contributed by atoms with van der Waals surface area (Å²) in [4.78, 5) is 21.4. The molecule has 8 nitrogen and oxygen atoms in total. The van der Waals surface area contributed by atoms with Gasteiger partial charge in [-0.25, -0.2) is 0 Å². The van der Waals surface area contributed by atoms with Crippen LogP contribution in [0.5, 0.6) is 0 Å². The van der Waals surface area contributed by atoms with Crippen molar-refractivity contribution in [1.29, 1.82) is 0 Å². The van der Waals surface area contributed by atoms with Crippen LogP contribution in [-0.2, 0) is 6.42 Å². The fraction of sp³-hybridized carbons (Fsp3) is 0.458. The topological polar surface area (TPSA) is 111 Å². The van der Waals surface area contributed by atoms with Crippen molar-refractivity contribution < 1.29 is 9.85 Å². The van der Waals surface area contributed by atoms with Crippen LogP contribution in [0.2, 0.25) is 0 Å². The second-order valence-corrected chi connectivity index (χ2v) is 9.75. The fourth-order valence-corrected chi connectivity index (χ4v) is 6.61. The van der Waals surface area contributed by atoms with Crippen molar-refractivity contribution in [3.63, 3.8) is 0 Å². The van der Waals surface area contributed by atoms with E-state index in [0.717, 1.165) is 48.8 Å². The Bertz CT molecular complexity index is 1050. The maximum Gasteiger partial charge on any atom is 0.301 e. The molecule has 0 unspecified atom stereocenters. The molecule has 0 amide bonds. The molecule has 166 valence electrons. The normalized spacial score (nSPS) is 28.5. The molecule has 0 heterocycles. The van der Waals surface area contributed by atoms with Gasteiger partial charge in [0.1, 0.15) is 5.69 Å². The van der Waals surface area contributed by atoms with E-state index < -0.39 is 9.85 Å². The van der Waals surface area contributed by atoms with Crippen molar-refractivity contribution in [2.75, 3.05) is 5.43 Å². The van der Waals surface area contributed by atoms with Crippen molar-refractivity contribution in [2.45, 2.75) is 44.9 Å². The Morgan fingerprint density at radius 3 is 2.12 bits per heavy atom. The number of hydrogen-bond acceptors (Lipinski definition) is 6. The Labute approximate surface area is 186 Å². The molecule has 0 radical (unpaired) electrons. The summed E-state index contributed by atoms with van der Waals surface area (Å²) in [6, 6.07) is 13.8. The molecule has 4 fully saturated rings. The van der Waals surface area contributed by atoms with E-state index in [2.05, 4.69) is 17.6 Å². The Morgan fingerprint density at radius 2 is 1.56 bits per heavy atom.